The van der Waals surface area contributed by atoms with E-state index in [-0.39, 0.29) is 11.7 Å². The van der Waals surface area contributed by atoms with Crippen LogP contribution in [0.2, 0.25) is 0 Å². The van der Waals surface area contributed by atoms with E-state index in [1.807, 2.05) is 0 Å². The molecule has 1 aliphatic heterocycles. The predicted octanol–water partition coefficient (Wildman–Crippen LogP) is 1.53. The molecule has 1 aromatic rings. The molecule has 1 aromatic carbocycles. The molecule has 1 amide bonds. The maximum absolute atomic E-state index is 11.1. The van der Waals surface area contributed by atoms with E-state index in [9.17, 15) is 14.9 Å². The first-order chi connectivity index (χ1) is 9.10. The van der Waals surface area contributed by atoms with Gasteiger partial charge in [0.15, 0.2) is 0 Å². The van der Waals surface area contributed by atoms with Gasteiger partial charge in [-0.15, -0.1) is 0 Å². The number of hydrogen-bond donors (Lipinski definition) is 1. The molecule has 19 heavy (non-hydrogen) atoms. The molecule has 0 unspecified atom stereocenters. The summed E-state index contributed by atoms with van der Waals surface area (Å²) in [6, 6.07) is 6.45. The van der Waals surface area contributed by atoms with Crippen LogP contribution in [0.5, 0.6) is 0 Å². The SMILES string of the molecule is COC(=O)N[C@@H]1CCN(c2ccc([N+](=O)[O-])cc2)C1. The lowest BCUT2D eigenvalue weighted by Gasteiger charge is -2.18. The molecular weight excluding hydrogens is 250 g/mol. The Balaban J connectivity index is 1.96. The number of benzene rings is 1. The number of nitrogens with one attached hydrogen (secondary N) is 1. The number of nitrogens with zero attached hydrogens (tertiary/aromatic N) is 2. The van der Waals surface area contributed by atoms with Crippen molar-refractivity contribution in [1.82, 2.24) is 5.32 Å². The van der Waals surface area contributed by atoms with Crippen LogP contribution in [0.1, 0.15) is 6.42 Å². The van der Waals surface area contributed by atoms with Gasteiger partial charge in [0.25, 0.3) is 5.69 Å². The Morgan fingerprint density at radius 3 is 2.74 bits per heavy atom. The molecule has 0 spiro atoms. The van der Waals surface area contributed by atoms with Crippen molar-refractivity contribution < 1.29 is 14.5 Å². The Hall–Kier alpha value is -2.31. The van der Waals surface area contributed by atoms with E-state index in [1.54, 1.807) is 12.1 Å². The van der Waals surface area contributed by atoms with Crippen molar-refractivity contribution in [1.29, 1.82) is 0 Å². The van der Waals surface area contributed by atoms with E-state index in [0.717, 1.165) is 18.7 Å². The smallest absolute Gasteiger partial charge is 0.407 e. The minimum Gasteiger partial charge on any atom is -0.453 e. The fourth-order valence-corrected chi connectivity index (χ4v) is 2.12. The van der Waals surface area contributed by atoms with Gasteiger partial charge >= 0.3 is 6.09 Å². The summed E-state index contributed by atoms with van der Waals surface area (Å²) in [4.78, 5) is 23.3. The van der Waals surface area contributed by atoms with Gasteiger partial charge in [-0.3, -0.25) is 10.1 Å². The molecule has 1 saturated heterocycles. The third-order valence-electron chi connectivity index (χ3n) is 3.12. The molecule has 2 rings (SSSR count). The highest BCUT2D eigenvalue weighted by atomic mass is 16.6. The van der Waals surface area contributed by atoms with E-state index >= 15 is 0 Å². The number of carbonyl (C=O) groups is 1. The summed E-state index contributed by atoms with van der Waals surface area (Å²) in [5.41, 5.74) is 0.993. The van der Waals surface area contributed by atoms with Crippen molar-refractivity contribution in [3.8, 4) is 0 Å². The number of alkyl carbamates (subject to hydrolysis) is 1. The summed E-state index contributed by atoms with van der Waals surface area (Å²) in [5, 5.41) is 13.3. The van der Waals surface area contributed by atoms with Crippen LogP contribution in [0, 0.1) is 10.1 Å². The van der Waals surface area contributed by atoms with Gasteiger partial charge in [0, 0.05) is 30.9 Å². The van der Waals surface area contributed by atoms with Crippen molar-refractivity contribution in [2.24, 2.45) is 0 Å². The molecule has 0 radical (unpaired) electrons. The Kier molecular flexibility index (Phi) is 3.84. The summed E-state index contributed by atoms with van der Waals surface area (Å²) >= 11 is 0. The van der Waals surface area contributed by atoms with Gasteiger partial charge in [-0.1, -0.05) is 0 Å². The Bertz CT molecular complexity index is 474. The summed E-state index contributed by atoms with van der Waals surface area (Å²) in [7, 11) is 1.33. The minimum atomic E-state index is -0.435. The standard InChI is InChI=1S/C12H15N3O4/c1-19-12(16)13-9-6-7-14(8-9)10-2-4-11(5-3-10)15(17)18/h2-5,9H,6-8H2,1H3,(H,13,16)/t9-/m1/s1. The highest BCUT2D eigenvalue weighted by Gasteiger charge is 2.24. The van der Waals surface area contributed by atoms with Gasteiger partial charge in [-0.05, 0) is 18.6 Å². The van der Waals surface area contributed by atoms with Crippen LogP contribution in [-0.4, -0.2) is 37.3 Å². The lowest BCUT2D eigenvalue weighted by atomic mass is 10.2. The fourth-order valence-electron chi connectivity index (χ4n) is 2.12. The van der Waals surface area contributed by atoms with Crippen LogP contribution < -0.4 is 10.2 Å². The first-order valence-corrected chi connectivity index (χ1v) is 5.94. The average molecular weight is 265 g/mol. The average Bonchev–Trinajstić information content (AvgIpc) is 2.87. The Morgan fingerprint density at radius 2 is 2.16 bits per heavy atom. The van der Waals surface area contributed by atoms with Crippen LogP contribution in [0.25, 0.3) is 0 Å². The van der Waals surface area contributed by atoms with Gasteiger partial charge < -0.3 is 15.0 Å². The fraction of sp³-hybridized carbons (Fsp3) is 0.417. The number of amides is 1. The predicted molar refractivity (Wildman–Crippen MR) is 69.3 cm³/mol. The van der Waals surface area contributed by atoms with Gasteiger partial charge in [-0.2, -0.15) is 0 Å². The molecule has 0 saturated carbocycles. The number of rotatable bonds is 3. The number of carbonyl (C=O) groups excluding carboxylic acids is 1. The molecule has 1 fully saturated rings. The Morgan fingerprint density at radius 1 is 1.47 bits per heavy atom. The maximum atomic E-state index is 11.1. The third kappa shape index (κ3) is 3.12. The van der Waals surface area contributed by atoms with Gasteiger partial charge in [0.05, 0.1) is 18.1 Å². The second kappa shape index (κ2) is 5.55. The maximum Gasteiger partial charge on any atom is 0.407 e. The molecule has 0 aliphatic carbocycles. The summed E-state index contributed by atoms with van der Waals surface area (Å²) < 4.78 is 4.55. The van der Waals surface area contributed by atoms with Crippen LogP contribution in [0.4, 0.5) is 16.2 Å². The molecule has 1 heterocycles. The van der Waals surface area contributed by atoms with Gasteiger partial charge in [0.2, 0.25) is 0 Å². The number of anilines is 1. The van der Waals surface area contributed by atoms with Crippen molar-refractivity contribution in [2.45, 2.75) is 12.5 Å². The first-order valence-electron chi connectivity index (χ1n) is 5.94. The first kappa shape index (κ1) is 13.1. The van der Waals surface area contributed by atoms with Crippen LogP contribution >= 0.6 is 0 Å². The highest BCUT2D eigenvalue weighted by Crippen LogP contribution is 2.23. The Labute approximate surface area is 110 Å². The lowest BCUT2D eigenvalue weighted by molar-refractivity contribution is -0.384. The second-order valence-corrected chi connectivity index (χ2v) is 4.34. The molecule has 1 atom stereocenters. The molecular formula is C12H15N3O4. The van der Waals surface area contributed by atoms with Crippen molar-refractivity contribution in [3.05, 3.63) is 34.4 Å². The second-order valence-electron chi connectivity index (χ2n) is 4.34. The van der Waals surface area contributed by atoms with Crippen LogP contribution in [-0.2, 0) is 4.74 Å². The number of ether oxygens (including phenoxy) is 1. The van der Waals surface area contributed by atoms with E-state index in [0.29, 0.717) is 6.54 Å². The normalized spacial score (nSPS) is 18.2. The number of nitro benzene ring substituents is 1. The molecule has 1 aliphatic rings. The monoisotopic (exact) mass is 265 g/mol. The van der Waals surface area contributed by atoms with Gasteiger partial charge in [0.1, 0.15) is 0 Å². The zero-order valence-corrected chi connectivity index (χ0v) is 10.5. The van der Waals surface area contributed by atoms with E-state index < -0.39 is 11.0 Å². The molecule has 1 N–H and O–H groups in total. The number of nitro groups is 1. The van der Waals surface area contributed by atoms with Gasteiger partial charge in [-0.25, -0.2) is 4.79 Å². The molecule has 7 heteroatoms. The quantitative estimate of drug-likeness (QED) is 0.661. The number of hydrogen-bond acceptors (Lipinski definition) is 5. The summed E-state index contributed by atoms with van der Waals surface area (Å²) in [6.07, 6.45) is 0.391. The minimum absolute atomic E-state index is 0.0441. The largest absolute Gasteiger partial charge is 0.453 e. The molecule has 7 nitrogen and oxygen atoms in total. The van der Waals surface area contributed by atoms with Crippen molar-refractivity contribution >= 4 is 17.5 Å². The summed E-state index contributed by atoms with van der Waals surface area (Å²) in [5.74, 6) is 0. The van der Waals surface area contributed by atoms with Crippen LogP contribution in [0.3, 0.4) is 0 Å². The molecule has 0 aromatic heterocycles. The van der Waals surface area contributed by atoms with E-state index in [1.165, 1.54) is 19.2 Å². The van der Waals surface area contributed by atoms with Crippen molar-refractivity contribution in [2.75, 3.05) is 25.1 Å². The summed E-state index contributed by atoms with van der Waals surface area (Å²) in [6.45, 7) is 1.47. The number of non-ortho nitro benzene ring substituents is 1. The van der Waals surface area contributed by atoms with Crippen molar-refractivity contribution in [3.63, 3.8) is 0 Å². The van der Waals surface area contributed by atoms with E-state index in [2.05, 4.69) is 15.0 Å². The zero-order valence-electron chi connectivity index (χ0n) is 10.5. The molecule has 102 valence electrons. The number of methoxy groups -OCH3 is 1. The molecule has 0 bridgehead atoms. The van der Waals surface area contributed by atoms with E-state index in [4.69, 9.17) is 0 Å². The zero-order chi connectivity index (χ0) is 13.8. The lowest BCUT2D eigenvalue weighted by Crippen LogP contribution is -2.36. The highest BCUT2D eigenvalue weighted by molar-refractivity contribution is 5.67. The third-order valence-corrected chi connectivity index (χ3v) is 3.12. The van der Waals surface area contributed by atoms with Crippen LogP contribution in [0.15, 0.2) is 24.3 Å². The topological polar surface area (TPSA) is 84.7 Å².